The minimum Gasteiger partial charge on any atom is -0.394 e. The van der Waals surface area contributed by atoms with Crippen LogP contribution in [-0.2, 0) is 0 Å². The third kappa shape index (κ3) is 3.35. The van der Waals surface area contributed by atoms with E-state index in [1.54, 1.807) is 6.92 Å². The molecule has 2 rings (SSSR count). The number of benzene rings is 1. The monoisotopic (exact) mass is 257 g/mol. The molecule has 1 heterocycles. The first kappa shape index (κ1) is 13.2. The van der Waals surface area contributed by atoms with Crippen LogP contribution in [0.3, 0.4) is 0 Å². The number of aromatic nitrogens is 2. The van der Waals surface area contributed by atoms with Crippen molar-refractivity contribution in [3.8, 4) is 11.4 Å². The van der Waals surface area contributed by atoms with Gasteiger partial charge in [-0.25, -0.2) is 9.97 Å². The Balaban J connectivity index is 2.13. The number of amides is 1. The second-order valence-electron chi connectivity index (χ2n) is 4.22. The predicted octanol–water partition coefficient (Wildman–Crippen LogP) is 1.25. The predicted molar refractivity (Wildman–Crippen MR) is 71.5 cm³/mol. The average molecular weight is 257 g/mol. The maximum atomic E-state index is 11.8. The smallest absolute Gasteiger partial charge is 0.254 e. The molecule has 5 nitrogen and oxygen atoms in total. The van der Waals surface area contributed by atoms with Crippen LogP contribution in [0.15, 0.2) is 42.7 Å². The standard InChI is InChI=1S/C14H15N3O2/c1-10(9-18)17-14(19)12-7-15-13(16-8-12)11-5-3-2-4-6-11/h2-8,10,18H,9H2,1H3,(H,17,19). The Hall–Kier alpha value is -2.27. The normalized spacial score (nSPS) is 11.9. The fourth-order valence-corrected chi connectivity index (χ4v) is 1.53. The van der Waals surface area contributed by atoms with Crippen LogP contribution in [0.25, 0.3) is 11.4 Å². The average Bonchev–Trinajstić information content (AvgIpc) is 2.48. The van der Waals surface area contributed by atoms with Gasteiger partial charge in [0.15, 0.2) is 5.82 Å². The summed E-state index contributed by atoms with van der Waals surface area (Å²) in [5.41, 5.74) is 1.28. The van der Waals surface area contributed by atoms with Crippen molar-refractivity contribution < 1.29 is 9.90 Å². The van der Waals surface area contributed by atoms with Crippen LogP contribution < -0.4 is 5.32 Å². The van der Waals surface area contributed by atoms with Crippen molar-refractivity contribution >= 4 is 5.91 Å². The maximum absolute atomic E-state index is 11.8. The first-order chi connectivity index (χ1) is 9.20. The number of hydrogen-bond donors (Lipinski definition) is 2. The van der Waals surface area contributed by atoms with Crippen molar-refractivity contribution in [2.45, 2.75) is 13.0 Å². The Morgan fingerprint density at radius 3 is 2.47 bits per heavy atom. The van der Waals surface area contributed by atoms with Crippen LogP contribution in [0, 0.1) is 0 Å². The molecule has 1 atom stereocenters. The zero-order chi connectivity index (χ0) is 13.7. The Labute approximate surface area is 111 Å². The number of nitrogens with zero attached hydrogens (tertiary/aromatic N) is 2. The summed E-state index contributed by atoms with van der Waals surface area (Å²) in [7, 11) is 0. The lowest BCUT2D eigenvalue weighted by Gasteiger charge is -2.10. The van der Waals surface area contributed by atoms with Gasteiger partial charge in [0.1, 0.15) is 0 Å². The molecule has 0 aliphatic rings. The summed E-state index contributed by atoms with van der Waals surface area (Å²) in [6.45, 7) is 1.62. The van der Waals surface area contributed by atoms with Crippen LogP contribution in [0.1, 0.15) is 17.3 Å². The van der Waals surface area contributed by atoms with E-state index in [9.17, 15) is 4.79 Å². The summed E-state index contributed by atoms with van der Waals surface area (Å²) in [6, 6.07) is 9.25. The molecule has 0 radical (unpaired) electrons. The summed E-state index contributed by atoms with van der Waals surface area (Å²) < 4.78 is 0. The lowest BCUT2D eigenvalue weighted by molar-refractivity contribution is 0.0921. The van der Waals surface area contributed by atoms with E-state index in [1.807, 2.05) is 30.3 Å². The summed E-state index contributed by atoms with van der Waals surface area (Å²) in [5, 5.41) is 11.5. The molecule has 1 unspecified atom stereocenters. The van der Waals surface area contributed by atoms with Crippen LogP contribution in [0.2, 0.25) is 0 Å². The lowest BCUT2D eigenvalue weighted by Crippen LogP contribution is -2.35. The van der Waals surface area contributed by atoms with Gasteiger partial charge in [-0.2, -0.15) is 0 Å². The van der Waals surface area contributed by atoms with Gasteiger partial charge in [0.2, 0.25) is 0 Å². The maximum Gasteiger partial charge on any atom is 0.254 e. The van der Waals surface area contributed by atoms with Crippen molar-refractivity contribution in [1.29, 1.82) is 0 Å². The zero-order valence-corrected chi connectivity index (χ0v) is 10.6. The lowest BCUT2D eigenvalue weighted by atomic mass is 10.2. The summed E-state index contributed by atoms with van der Waals surface area (Å²) in [5.74, 6) is 0.286. The van der Waals surface area contributed by atoms with Gasteiger partial charge < -0.3 is 10.4 Å². The molecule has 0 saturated heterocycles. The van der Waals surface area contributed by atoms with Gasteiger partial charge >= 0.3 is 0 Å². The second-order valence-corrected chi connectivity index (χ2v) is 4.22. The first-order valence-corrected chi connectivity index (χ1v) is 6.00. The third-order valence-corrected chi connectivity index (χ3v) is 2.60. The molecule has 0 bridgehead atoms. The van der Waals surface area contributed by atoms with E-state index >= 15 is 0 Å². The Morgan fingerprint density at radius 1 is 1.26 bits per heavy atom. The number of nitrogens with one attached hydrogen (secondary N) is 1. The molecule has 1 aromatic heterocycles. The van der Waals surface area contributed by atoms with Crippen molar-refractivity contribution in [2.75, 3.05) is 6.61 Å². The van der Waals surface area contributed by atoms with Crippen molar-refractivity contribution in [2.24, 2.45) is 0 Å². The number of hydrogen-bond acceptors (Lipinski definition) is 4. The highest BCUT2D eigenvalue weighted by molar-refractivity contribution is 5.93. The molecule has 1 aromatic carbocycles. The van der Waals surface area contributed by atoms with E-state index in [0.29, 0.717) is 11.4 Å². The highest BCUT2D eigenvalue weighted by Gasteiger charge is 2.10. The van der Waals surface area contributed by atoms with Crippen LogP contribution in [-0.4, -0.2) is 33.6 Å². The van der Waals surface area contributed by atoms with Gasteiger partial charge in [-0.05, 0) is 6.92 Å². The molecule has 19 heavy (non-hydrogen) atoms. The molecule has 2 N–H and O–H groups in total. The van der Waals surface area contributed by atoms with E-state index in [0.717, 1.165) is 5.56 Å². The SMILES string of the molecule is CC(CO)NC(=O)c1cnc(-c2ccccc2)nc1. The minimum atomic E-state index is -0.291. The molecule has 1 amide bonds. The quantitative estimate of drug-likeness (QED) is 0.864. The number of rotatable bonds is 4. The first-order valence-electron chi connectivity index (χ1n) is 6.00. The molecule has 0 spiro atoms. The third-order valence-electron chi connectivity index (χ3n) is 2.60. The number of aliphatic hydroxyl groups is 1. The Bertz CT molecular complexity index is 540. The van der Waals surface area contributed by atoms with Crippen LogP contribution >= 0.6 is 0 Å². The van der Waals surface area contributed by atoms with Gasteiger partial charge in [-0.15, -0.1) is 0 Å². The van der Waals surface area contributed by atoms with E-state index in [1.165, 1.54) is 12.4 Å². The second kappa shape index (κ2) is 6.06. The number of carbonyl (C=O) groups excluding carboxylic acids is 1. The van der Waals surface area contributed by atoms with Crippen molar-refractivity contribution in [3.05, 3.63) is 48.3 Å². The summed E-state index contributed by atoms with van der Waals surface area (Å²) in [6.07, 6.45) is 2.96. The molecule has 98 valence electrons. The van der Waals surface area contributed by atoms with Gasteiger partial charge in [0.25, 0.3) is 5.91 Å². The van der Waals surface area contributed by atoms with E-state index in [2.05, 4.69) is 15.3 Å². The fourth-order valence-electron chi connectivity index (χ4n) is 1.53. The van der Waals surface area contributed by atoms with E-state index in [-0.39, 0.29) is 18.6 Å². The number of aliphatic hydroxyl groups excluding tert-OH is 1. The Morgan fingerprint density at radius 2 is 1.89 bits per heavy atom. The Kier molecular flexibility index (Phi) is 4.20. The molecule has 5 heteroatoms. The largest absolute Gasteiger partial charge is 0.394 e. The minimum absolute atomic E-state index is 0.102. The zero-order valence-electron chi connectivity index (χ0n) is 10.6. The molecule has 0 fully saturated rings. The molecule has 2 aromatic rings. The van der Waals surface area contributed by atoms with Crippen LogP contribution in [0.4, 0.5) is 0 Å². The molecule has 0 aliphatic carbocycles. The molecular weight excluding hydrogens is 242 g/mol. The van der Waals surface area contributed by atoms with E-state index in [4.69, 9.17) is 5.11 Å². The molecule has 0 saturated carbocycles. The summed E-state index contributed by atoms with van der Waals surface area (Å²) in [4.78, 5) is 20.1. The fraction of sp³-hybridized carbons (Fsp3) is 0.214. The van der Waals surface area contributed by atoms with Gasteiger partial charge in [0, 0.05) is 24.0 Å². The van der Waals surface area contributed by atoms with Gasteiger partial charge in [0.05, 0.1) is 12.2 Å². The molecular formula is C14H15N3O2. The van der Waals surface area contributed by atoms with Crippen molar-refractivity contribution in [1.82, 2.24) is 15.3 Å². The van der Waals surface area contributed by atoms with E-state index < -0.39 is 0 Å². The highest BCUT2D eigenvalue weighted by Crippen LogP contribution is 2.13. The molecule has 0 aliphatic heterocycles. The van der Waals surface area contributed by atoms with Gasteiger partial charge in [-0.1, -0.05) is 30.3 Å². The topological polar surface area (TPSA) is 75.1 Å². The van der Waals surface area contributed by atoms with Crippen LogP contribution in [0.5, 0.6) is 0 Å². The number of carbonyl (C=O) groups is 1. The van der Waals surface area contributed by atoms with Gasteiger partial charge in [-0.3, -0.25) is 4.79 Å². The summed E-state index contributed by atoms with van der Waals surface area (Å²) >= 11 is 0. The van der Waals surface area contributed by atoms with Crippen molar-refractivity contribution in [3.63, 3.8) is 0 Å². The highest BCUT2D eigenvalue weighted by atomic mass is 16.3.